The molecule has 0 radical (unpaired) electrons. The lowest BCUT2D eigenvalue weighted by molar-refractivity contribution is -0.274. The van der Waals surface area contributed by atoms with E-state index in [0.717, 1.165) is 53.9 Å². The lowest BCUT2D eigenvalue weighted by atomic mass is 10.00. The van der Waals surface area contributed by atoms with Crippen molar-refractivity contribution in [1.82, 2.24) is 15.5 Å². The average Bonchev–Trinajstić information content (AvgIpc) is 3.55. The van der Waals surface area contributed by atoms with Crippen molar-refractivity contribution in [2.45, 2.75) is 75.6 Å². The maximum Gasteiger partial charge on any atom is 0.573 e. The molecule has 0 spiro atoms. The molecule has 2 aromatic heterocycles. The molecular formula is C32H31F3N4O6S. The van der Waals surface area contributed by atoms with Crippen LogP contribution in [0.5, 0.6) is 5.75 Å². The van der Waals surface area contributed by atoms with Gasteiger partial charge in [-0.2, -0.15) is 0 Å². The number of benzene rings is 2. The van der Waals surface area contributed by atoms with Crippen LogP contribution in [0, 0.1) is 0 Å². The minimum absolute atomic E-state index is 0.0512. The van der Waals surface area contributed by atoms with Crippen LogP contribution in [0.1, 0.15) is 66.1 Å². The summed E-state index contributed by atoms with van der Waals surface area (Å²) in [7, 11) is 1.26. The number of nitrogens with one attached hydrogen (secondary N) is 1. The zero-order valence-corrected chi connectivity index (χ0v) is 25.7. The van der Waals surface area contributed by atoms with Crippen LogP contribution in [-0.4, -0.2) is 60.2 Å². The smallest absolute Gasteiger partial charge is 0.468 e. The van der Waals surface area contributed by atoms with Crippen molar-refractivity contribution in [2.75, 3.05) is 18.6 Å². The molecule has 2 unspecified atom stereocenters. The third-order valence-corrected chi connectivity index (χ3v) is 9.80. The van der Waals surface area contributed by atoms with E-state index in [1.54, 1.807) is 24.3 Å². The number of amides is 1. The number of ether oxygens (including phenoxy) is 3. The molecular weight excluding hydrogens is 625 g/mol. The van der Waals surface area contributed by atoms with Gasteiger partial charge in [0, 0.05) is 34.7 Å². The van der Waals surface area contributed by atoms with Crippen LogP contribution in [0.15, 0.2) is 47.0 Å². The van der Waals surface area contributed by atoms with Crippen LogP contribution in [0.2, 0.25) is 0 Å². The Morgan fingerprint density at radius 1 is 1.09 bits per heavy atom. The molecule has 46 heavy (non-hydrogen) atoms. The van der Waals surface area contributed by atoms with E-state index in [0.29, 0.717) is 22.6 Å². The molecule has 10 nitrogen and oxygen atoms in total. The first-order chi connectivity index (χ1) is 22.2. The number of halogens is 3. The van der Waals surface area contributed by atoms with Gasteiger partial charge >= 0.3 is 12.3 Å². The summed E-state index contributed by atoms with van der Waals surface area (Å²) < 4.78 is 61.4. The number of alkyl halides is 3. The minimum Gasteiger partial charge on any atom is -0.468 e. The van der Waals surface area contributed by atoms with Crippen LogP contribution in [-0.2, 0) is 20.9 Å². The summed E-state index contributed by atoms with van der Waals surface area (Å²) in [5.41, 5.74) is 2.43. The highest BCUT2D eigenvalue weighted by Gasteiger charge is 2.43. The molecule has 2 bridgehead atoms. The fraction of sp³-hybridized carbons (Fsp3) is 0.438. The molecule has 3 atom stereocenters. The number of thiazole rings is 1. The summed E-state index contributed by atoms with van der Waals surface area (Å²) in [5, 5.41) is 7.65. The van der Waals surface area contributed by atoms with Gasteiger partial charge in [-0.05, 0) is 68.9 Å². The van der Waals surface area contributed by atoms with Crippen molar-refractivity contribution < 1.29 is 41.5 Å². The fourth-order valence-electron chi connectivity index (χ4n) is 6.48. The predicted octanol–water partition coefficient (Wildman–Crippen LogP) is 6.35. The highest BCUT2D eigenvalue weighted by Crippen LogP contribution is 2.47. The summed E-state index contributed by atoms with van der Waals surface area (Å²) in [6.07, 6.45) is 0.533. The first-order valence-corrected chi connectivity index (χ1v) is 16.0. The van der Waals surface area contributed by atoms with Gasteiger partial charge in [0.05, 0.1) is 30.0 Å². The number of nitrogens with zero attached hydrogens (tertiary/aromatic N) is 3. The van der Waals surface area contributed by atoms with Crippen molar-refractivity contribution in [3.8, 4) is 17.0 Å². The van der Waals surface area contributed by atoms with Gasteiger partial charge in [0.25, 0.3) is 5.91 Å². The van der Waals surface area contributed by atoms with Gasteiger partial charge in [-0.3, -0.25) is 9.59 Å². The predicted molar refractivity (Wildman–Crippen MR) is 162 cm³/mol. The Morgan fingerprint density at radius 3 is 2.57 bits per heavy atom. The minimum atomic E-state index is -4.84. The summed E-state index contributed by atoms with van der Waals surface area (Å²) >= 11 is 1.53. The van der Waals surface area contributed by atoms with Crippen molar-refractivity contribution >= 4 is 38.6 Å². The maximum atomic E-state index is 13.2. The van der Waals surface area contributed by atoms with Gasteiger partial charge in [0.1, 0.15) is 23.7 Å². The zero-order chi connectivity index (χ0) is 32.0. The standard InChI is InChI=1S/C32H31F3N4O6S/c1-42-27(40)15-36-30(41)18-8-11-24-26(12-18)46-31(37-24)39-19-9-10-20(39)14-21(13-19)43-16-23-28(38-45-29(23)17-6-7-17)22-4-2-3-5-25(22)44-32(33,34)35/h2-5,8,11-12,17,19-21H,6-7,9-10,13-16H2,1H3,(H,36,41)/t19-,20?,21?/m0/s1. The van der Waals surface area contributed by atoms with Crippen LogP contribution in [0.25, 0.3) is 21.5 Å². The third-order valence-electron chi connectivity index (χ3n) is 8.77. The third kappa shape index (κ3) is 6.27. The van der Waals surface area contributed by atoms with E-state index in [1.165, 1.54) is 30.6 Å². The number of carbonyl (C=O) groups is 2. The lowest BCUT2D eigenvalue weighted by Gasteiger charge is -2.38. The van der Waals surface area contributed by atoms with Gasteiger partial charge in [-0.15, -0.1) is 13.2 Å². The molecule has 4 heterocycles. The second-order valence-electron chi connectivity index (χ2n) is 11.8. The average molecular weight is 657 g/mol. The number of para-hydroxylation sites is 1. The second-order valence-corrected chi connectivity index (χ2v) is 12.8. The highest BCUT2D eigenvalue weighted by atomic mass is 32.1. The number of rotatable bonds is 10. The van der Waals surface area contributed by atoms with Gasteiger partial charge in [-0.1, -0.05) is 28.6 Å². The van der Waals surface area contributed by atoms with Crippen LogP contribution in [0.4, 0.5) is 18.3 Å². The van der Waals surface area contributed by atoms with Crippen molar-refractivity contribution in [1.29, 1.82) is 0 Å². The Morgan fingerprint density at radius 2 is 1.85 bits per heavy atom. The molecule has 14 heteroatoms. The van der Waals surface area contributed by atoms with E-state index in [2.05, 4.69) is 24.8 Å². The van der Waals surface area contributed by atoms with Crippen molar-refractivity contribution in [3.05, 3.63) is 59.4 Å². The quantitative estimate of drug-likeness (QED) is 0.195. The molecule has 2 aliphatic heterocycles. The summed E-state index contributed by atoms with van der Waals surface area (Å²) in [6, 6.07) is 11.7. The van der Waals surface area contributed by atoms with E-state index in [9.17, 15) is 22.8 Å². The number of carbonyl (C=O) groups excluding carboxylic acids is 2. The number of hydrogen-bond donors (Lipinski definition) is 1. The van der Waals surface area contributed by atoms with Crippen LogP contribution < -0.4 is 15.0 Å². The number of hydrogen-bond acceptors (Lipinski definition) is 10. The molecule has 1 amide bonds. The highest BCUT2D eigenvalue weighted by molar-refractivity contribution is 7.22. The molecule has 3 aliphatic rings. The maximum absolute atomic E-state index is 13.2. The molecule has 3 fully saturated rings. The first kappa shape index (κ1) is 30.5. The Bertz CT molecular complexity index is 1760. The number of piperidine rings is 1. The Balaban J connectivity index is 1.05. The molecule has 242 valence electrons. The molecule has 7 rings (SSSR count). The number of fused-ring (bicyclic) bond motifs is 3. The topological polar surface area (TPSA) is 116 Å². The molecule has 2 saturated heterocycles. The fourth-order valence-corrected chi connectivity index (χ4v) is 7.63. The van der Waals surface area contributed by atoms with Crippen molar-refractivity contribution in [2.24, 2.45) is 0 Å². The van der Waals surface area contributed by atoms with Crippen LogP contribution in [0.3, 0.4) is 0 Å². The van der Waals surface area contributed by atoms with Gasteiger partial charge in [0.15, 0.2) is 5.13 Å². The van der Waals surface area contributed by atoms with E-state index in [-0.39, 0.29) is 54.5 Å². The summed E-state index contributed by atoms with van der Waals surface area (Å²) in [5.74, 6) is -0.360. The number of aromatic nitrogens is 2. The molecule has 1 N–H and O–H groups in total. The largest absolute Gasteiger partial charge is 0.573 e. The first-order valence-electron chi connectivity index (χ1n) is 15.2. The SMILES string of the molecule is COC(=O)CNC(=O)c1ccc2nc(N3C4CC[C@H]3CC(OCc3c(-c5ccccc5OC(F)(F)F)noc3C3CC3)C4)sc2c1. The van der Waals surface area contributed by atoms with E-state index in [4.69, 9.17) is 14.2 Å². The number of anilines is 1. The monoisotopic (exact) mass is 656 g/mol. The Kier molecular flexibility index (Phi) is 8.09. The van der Waals surface area contributed by atoms with Gasteiger partial charge in [-0.25, -0.2) is 4.98 Å². The van der Waals surface area contributed by atoms with E-state index < -0.39 is 12.3 Å². The van der Waals surface area contributed by atoms with E-state index >= 15 is 0 Å². The Labute approximate surface area is 265 Å². The Hall–Kier alpha value is -4.17. The summed E-state index contributed by atoms with van der Waals surface area (Å²) in [6.45, 7) is -0.0289. The van der Waals surface area contributed by atoms with Gasteiger partial charge < -0.3 is 29.0 Å². The van der Waals surface area contributed by atoms with Crippen LogP contribution >= 0.6 is 11.3 Å². The molecule has 1 saturated carbocycles. The number of esters is 1. The number of methoxy groups -OCH3 is 1. The normalized spacial score (nSPS) is 21.0. The van der Waals surface area contributed by atoms with E-state index in [1.807, 2.05) is 6.07 Å². The van der Waals surface area contributed by atoms with Gasteiger partial charge in [0.2, 0.25) is 0 Å². The summed E-state index contributed by atoms with van der Waals surface area (Å²) in [4.78, 5) is 31.2. The second kappa shape index (κ2) is 12.2. The van der Waals surface area contributed by atoms with Crippen molar-refractivity contribution in [3.63, 3.8) is 0 Å². The lowest BCUT2D eigenvalue weighted by Crippen LogP contribution is -2.45. The molecule has 1 aliphatic carbocycles. The molecule has 2 aromatic carbocycles. The molecule has 4 aromatic rings. The zero-order valence-electron chi connectivity index (χ0n) is 24.8.